The zero-order chi connectivity index (χ0) is 14.7. The van der Waals surface area contributed by atoms with Crippen molar-refractivity contribution in [3.8, 4) is 11.4 Å². The minimum atomic E-state index is 0.574. The maximum absolute atomic E-state index is 5.37. The lowest BCUT2D eigenvalue weighted by Crippen LogP contribution is -2.37. The Bertz CT molecular complexity index is 613. The van der Waals surface area contributed by atoms with E-state index in [0.29, 0.717) is 30.9 Å². The van der Waals surface area contributed by atoms with Gasteiger partial charge in [-0.25, -0.2) is 0 Å². The van der Waals surface area contributed by atoms with Gasteiger partial charge in [0.05, 0.1) is 13.2 Å². The molecule has 1 saturated heterocycles. The van der Waals surface area contributed by atoms with Crippen molar-refractivity contribution < 1.29 is 4.74 Å². The van der Waals surface area contributed by atoms with Crippen LogP contribution in [0, 0.1) is 0 Å². The van der Waals surface area contributed by atoms with Crippen molar-refractivity contribution >= 4 is 27.8 Å². The summed E-state index contributed by atoms with van der Waals surface area (Å²) in [5.74, 6) is 1.93. The van der Waals surface area contributed by atoms with Crippen LogP contribution in [0.1, 0.15) is 0 Å². The molecule has 6 nitrogen and oxygen atoms in total. The normalized spacial score (nSPS) is 15.0. The first-order valence-corrected chi connectivity index (χ1v) is 7.58. The molecule has 21 heavy (non-hydrogen) atoms. The first-order valence-electron chi connectivity index (χ1n) is 6.79. The number of hydrogen-bond acceptors (Lipinski definition) is 6. The van der Waals surface area contributed by atoms with E-state index in [-0.39, 0.29) is 0 Å². The molecule has 1 aliphatic heterocycles. The van der Waals surface area contributed by atoms with Gasteiger partial charge in [0.15, 0.2) is 5.82 Å². The van der Waals surface area contributed by atoms with Crippen LogP contribution in [0.4, 0.5) is 11.9 Å². The molecular weight excluding hydrogens is 334 g/mol. The Morgan fingerprint density at radius 1 is 1.10 bits per heavy atom. The average Bonchev–Trinajstić information content (AvgIpc) is 2.56. The van der Waals surface area contributed by atoms with Gasteiger partial charge in [-0.3, -0.25) is 0 Å². The number of ether oxygens (including phenoxy) is 1. The van der Waals surface area contributed by atoms with Crippen LogP contribution in [0.5, 0.6) is 0 Å². The zero-order valence-electron chi connectivity index (χ0n) is 11.7. The molecule has 2 heterocycles. The number of benzene rings is 1. The summed E-state index contributed by atoms with van der Waals surface area (Å²) in [6.45, 7) is 3.00. The van der Waals surface area contributed by atoms with Crippen molar-refractivity contribution in [2.75, 3.05) is 43.6 Å². The number of nitrogens with zero attached hydrogens (tertiary/aromatic N) is 4. The van der Waals surface area contributed by atoms with E-state index >= 15 is 0 Å². The molecule has 1 aromatic carbocycles. The van der Waals surface area contributed by atoms with E-state index < -0.39 is 0 Å². The fourth-order valence-electron chi connectivity index (χ4n) is 2.11. The van der Waals surface area contributed by atoms with Crippen molar-refractivity contribution in [3.05, 3.63) is 28.7 Å². The Kier molecular flexibility index (Phi) is 4.31. The summed E-state index contributed by atoms with van der Waals surface area (Å²) in [5, 5.41) is 3.00. The first-order chi connectivity index (χ1) is 10.3. The van der Waals surface area contributed by atoms with E-state index in [1.807, 2.05) is 31.3 Å². The molecule has 0 saturated carbocycles. The molecule has 1 fully saturated rings. The van der Waals surface area contributed by atoms with Gasteiger partial charge in [0.25, 0.3) is 0 Å². The van der Waals surface area contributed by atoms with Crippen LogP contribution in [-0.2, 0) is 4.74 Å². The highest BCUT2D eigenvalue weighted by molar-refractivity contribution is 9.10. The molecule has 1 aliphatic rings. The lowest BCUT2D eigenvalue weighted by molar-refractivity contribution is 0.122. The lowest BCUT2D eigenvalue weighted by atomic mass is 10.2. The Balaban J connectivity index is 1.98. The third-order valence-corrected chi connectivity index (χ3v) is 3.77. The number of morpholine rings is 1. The van der Waals surface area contributed by atoms with Gasteiger partial charge in [0, 0.05) is 30.2 Å². The SMILES string of the molecule is CNc1nc(-c2ccc(Br)cc2)nc(N2CCOCC2)n1. The second kappa shape index (κ2) is 6.36. The quantitative estimate of drug-likeness (QED) is 0.916. The van der Waals surface area contributed by atoms with Crippen molar-refractivity contribution in [1.82, 2.24) is 15.0 Å². The zero-order valence-corrected chi connectivity index (χ0v) is 13.3. The highest BCUT2D eigenvalue weighted by Crippen LogP contribution is 2.22. The van der Waals surface area contributed by atoms with E-state index in [0.717, 1.165) is 23.1 Å². The molecule has 110 valence electrons. The molecule has 1 aromatic heterocycles. The molecule has 0 amide bonds. The van der Waals surface area contributed by atoms with Crippen LogP contribution >= 0.6 is 15.9 Å². The topological polar surface area (TPSA) is 63.2 Å². The summed E-state index contributed by atoms with van der Waals surface area (Å²) in [7, 11) is 1.81. The van der Waals surface area contributed by atoms with Crippen LogP contribution in [0.25, 0.3) is 11.4 Å². The molecule has 3 rings (SSSR count). The minimum Gasteiger partial charge on any atom is -0.378 e. The van der Waals surface area contributed by atoms with Gasteiger partial charge in [-0.2, -0.15) is 15.0 Å². The van der Waals surface area contributed by atoms with Crippen LogP contribution in [0.15, 0.2) is 28.7 Å². The third kappa shape index (κ3) is 3.30. The summed E-state index contributed by atoms with van der Waals surface area (Å²) in [6, 6.07) is 7.93. The van der Waals surface area contributed by atoms with Crippen molar-refractivity contribution in [2.24, 2.45) is 0 Å². The van der Waals surface area contributed by atoms with Gasteiger partial charge >= 0.3 is 0 Å². The number of halogens is 1. The summed E-state index contributed by atoms with van der Waals surface area (Å²) in [5.41, 5.74) is 0.964. The second-order valence-corrected chi connectivity index (χ2v) is 5.55. The van der Waals surface area contributed by atoms with Crippen molar-refractivity contribution in [3.63, 3.8) is 0 Å². The van der Waals surface area contributed by atoms with Crippen LogP contribution < -0.4 is 10.2 Å². The van der Waals surface area contributed by atoms with E-state index in [1.54, 1.807) is 0 Å². The fraction of sp³-hybridized carbons (Fsp3) is 0.357. The van der Waals surface area contributed by atoms with Crippen LogP contribution in [0.3, 0.4) is 0 Å². The highest BCUT2D eigenvalue weighted by Gasteiger charge is 2.16. The number of hydrogen-bond donors (Lipinski definition) is 1. The predicted molar refractivity (Wildman–Crippen MR) is 85.5 cm³/mol. The van der Waals surface area contributed by atoms with Gasteiger partial charge in [0.2, 0.25) is 11.9 Å². The molecule has 1 N–H and O–H groups in total. The van der Waals surface area contributed by atoms with Crippen LogP contribution in [-0.4, -0.2) is 48.3 Å². The van der Waals surface area contributed by atoms with Crippen molar-refractivity contribution in [1.29, 1.82) is 0 Å². The molecule has 0 spiro atoms. The molecule has 0 unspecified atom stereocenters. The molecule has 0 atom stereocenters. The molecule has 0 bridgehead atoms. The summed E-state index contributed by atoms with van der Waals surface area (Å²) >= 11 is 3.44. The predicted octanol–water partition coefficient (Wildman–Crippen LogP) is 2.18. The fourth-order valence-corrected chi connectivity index (χ4v) is 2.37. The molecule has 7 heteroatoms. The van der Waals surface area contributed by atoms with E-state index in [2.05, 4.69) is 41.1 Å². The van der Waals surface area contributed by atoms with Gasteiger partial charge < -0.3 is 15.0 Å². The molecular formula is C14H16BrN5O. The maximum Gasteiger partial charge on any atom is 0.230 e. The number of anilines is 2. The number of rotatable bonds is 3. The second-order valence-electron chi connectivity index (χ2n) is 4.64. The van der Waals surface area contributed by atoms with E-state index in [9.17, 15) is 0 Å². The monoisotopic (exact) mass is 349 g/mol. The van der Waals surface area contributed by atoms with Gasteiger partial charge in [-0.05, 0) is 12.1 Å². The Labute approximate surface area is 131 Å². The first kappa shape index (κ1) is 14.2. The lowest BCUT2D eigenvalue weighted by Gasteiger charge is -2.27. The minimum absolute atomic E-state index is 0.574. The molecule has 0 aliphatic carbocycles. The number of aromatic nitrogens is 3. The largest absolute Gasteiger partial charge is 0.378 e. The van der Waals surface area contributed by atoms with E-state index in [4.69, 9.17) is 4.74 Å². The van der Waals surface area contributed by atoms with Gasteiger partial charge in [-0.15, -0.1) is 0 Å². The van der Waals surface area contributed by atoms with Gasteiger partial charge in [0.1, 0.15) is 0 Å². The van der Waals surface area contributed by atoms with Crippen molar-refractivity contribution in [2.45, 2.75) is 0 Å². The standard InChI is InChI=1S/C14H16BrN5O/c1-16-13-17-12(10-2-4-11(15)5-3-10)18-14(19-13)20-6-8-21-9-7-20/h2-5H,6-9H2,1H3,(H,16,17,18,19). The average molecular weight is 350 g/mol. The van der Waals surface area contributed by atoms with Gasteiger partial charge in [-0.1, -0.05) is 28.1 Å². The summed E-state index contributed by atoms with van der Waals surface area (Å²) in [4.78, 5) is 15.6. The Hall–Kier alpha value is -1.73. The highest BCUT2D eigenvalue weighted by atomic mass is 79.9. The summed E-state index contributed by atoms with van der Waals surface area (Å²) in [6.07, 6.45) is 0. The smallest absolute Gasteiger partial charge is 0.230 e. The Morgan fingerprint density at radius 3 is 2.48 bits per heavy atom. The molecule has 0 radical (unpaired) electrons. The van der Waals surface area contributed by atoms with E-state index in [1.165, 1.54) is 0 Å². The maximum atomic E-state index is 5.37. The summed E-state index contributed by atoms with van der Waals surface area (Å²) < 4.78 is 6.40. The third-order valence-electron chi connectivity index (χ3n) is 3.24. The Morgan fingerprint density at radius 2 is 1.81 bits per heavy atom. The van der Waals surface area contributed by atoms with Crippen LogP contribution in [0.2, 0.25) is 0 Å². The number of nitrogens with one attached hydrogen (secondary N) is 1. The molecule has 2 aromatic rings.